The third kappa shape index (κ3) is 4.07. The van der Waals surface area contributed by atoms with Crippen molar-refractivity contribution in [1.29, 1.82) is 0 Å². The second-order valence-corrected chi connectivity index (χ2v) is 3.95. The van der Waals surface area contributed by atoms with Crippen molar-refractivity contribution in [2.45, 2.75) is 32.3 Å². The van der Waals surface area contributed by atoms with Gasteiger partial charge in [0.05, 0.1) is 6.10 Å². The third-order valence-electron chi connectivity index (χ3n) is 2.57. The van der Waals surface area contributed by atoms with Gasteiger partial charge in [-0.1, -0.05) is 0 Å². The van der Waals surface area contributed by atoms with Crippen LogP contribution in [0.25, 0.3) is 0 Å². The van der Waals surface area contributed by atoms with Crippen molar-refractivity contribution in [2.24, 2.45) is 5.92 Å². The number of piperidine rings is 1. The summed E-state index contributed by atoms with van der Waals surface area (Å²) < 4.78 is 0. The maximum atomic E-state index is 11.6. The minimum atomic E-state index is -0.330. The first-order chi connectivity index (χ1) is 6.70. The van der Waals surface area contributed by atoms with Gasteiger partial charge in [0.25, 0.3) is 0 Å². The van der Waals surface area contributed by atoms with Crippen LogP contribution in [0.4, 0.5) is 0 Å². The number of aliphatic hydroxyl groups excluding tert-OH is 1. The number of aliphatic hydroxyl groups is 1. The number of nitrogens with one attached hydrogen (secondary N) is 2. The summed E-state index contributed by atoms with van der Waals surface area (Å²) in [4.78, 5) is 11.6. The predicted octanol–water partition coefficient (Wildman–Crippen LogP) is -0.127. The lowest BCUT2D eigenvalue weighted by Crippen LogP contribution is -2.38. The average molecular weight is 200 g/mol. The first-order valence-corrected chi connectivity index (χ1v) is 5.36. The van der Waals surface area contributed by atoms with Crippen molar-refractivity contribution in [3.63, 3.8) is 0 Å². The van der Waals surface area contributed by atoms with E-state index < -0.39 is 0 Å². The summed E-state index contributed by atoms with van der Waals surface area (Å²) in [5.41, 5.74) is 0. The number of carbonyl (C=O) groups is 1. The molecule has 0 aromatic carbocycles. The number of amides is 1. The normalized spacial score (nSPS) is 20.4. The molecule has 1 saturated heterocycles. The Hall–Kier alpha value is -0.610. The molecular formula is C10H20N2O2. The smallest absolute Gasteiger partial charge is 0.223 e. The maximum absolute atomic E-state index is 11.6. The zero-order chi connectivity index (χ0) is 10.4. The van der Waals surface area contributed by atoms with Crippen LogP contribution in [0.5, 0.6) is 0 Å². The quantitative estimate of drug-likeness (QED) is 0.592. The van der Waals surface area contributed by atoms with Gasteiger partial charge in [-0.2, -0.15) is 0 Å². The molecule has 1 unspecified atom stereocenters. The zero-order valence-electron chi connectivity index (χ0n) is 8.75. The van der Waals surface area contributed by atoms with Crippen LogP contribution >= 0.6 is 0 Å². The average Bonchev–Trinajstić information content (AvgIpc) is 2.18. The minimum Gasteiger partial charge on any atom is -0.393 e. The van der Waals surface area contributed by atoms with Crippen molar-refractivity contribution in [3.05, 3.63) is 0 Å². The molecule has 82 valence electrons. The molecule has 0 radical (unpaired) electrons. The number of carbonyl (C=O) groups excluding carboxylic acids is 1. The lowest BCUT2D eigenvalue weighted by molar-refractivity contribution is -0.125. The fourth-order valence-electron chi connectivity index (χ4n) is 1.63. The molecule has 0 aromatic heterocycles. The second kappa shape index (κ2) is 5.98. The second-order valence-electron chi connectivity index (χ2n) is 3.95. The van der Waals surface area contributed by atoms with Crippen LogP contribution in [0.15, 0.2) is 0 Å². The number of hydrogen-bond acceptors (Lipinski definition) is 3. The molecule has 1 fully saturated rings. The lowest BCUT2D eigenvalue weighted by Gasteiger charge is -2.21. The highest BCUT2D eigenvalue weighted by Gasteiger charge is 2.20. The summed E-state index contributed by atoms with van der Waals surface area (Å²) in [7, 11) is 0. The van der Waals surface area contributed by atoms with Gasteiger partial charge in [-0.05, 0) is 39.3 Å². The van der Waals surface area contributed by atoms with E-state index in [9.17, 15) is 4.79 Å². The Morgan fingerprint density at radius 3 is 2.79 bits per heavy atom. The van der Waals surface area contributed by atoms with Crippen LogP contribution in [-0.4, -0.2) is 36.8 Å². The monoisotopic (exact) mass is 200 g/mol. The van der Waals surface area contributed by atoms with Crippen molar-refractivity contribution in [3.8, 4) is 0 Å². The largest absolute Gasteiger partial charge is 0.393 e. The Morgan fingerprint density at radius 2 is 2.21 bits per heavy atom. The van der Waals surface area contributed by atoms with E-state index in [1.165, 1.54) is 0 Å². The molecule has 1 amide bonds. The van der Waals surface area contributed by atoms with E-state index in [4.69, 9.17) is 5.11 Å². The van der Waals surface area contributed by atoms with Gasteiger partial charge >= 0.3 is 0 Å². The van der Waals surface area contributed by atoms with Gasteiger partial charge in [-0.25, -0.2) is 0 Å². The predicted molar refractivity (Wildman–Crippen MR) is 54.9 cm³/mol. The van der Waals surface area contributed by atoms with Crippen LogP contribution in [0.1, 0.15) is 26.2 Å². The fraction of sp³-hybridized carbons (Fsp3) is 0.900. The van der Waals surface area contributed by atoms with Gasteiger partial charge in [0, 0.05) is 12.5 Å². The molecular weight excluding hydrogens is 180 g/mol. The molecule has 14 heavy (non-hydrogen) atoms. The van der Waals surface area contributed by atoms with Crippen molar-refractivity contribution < 1.29 is 9.90 Å². The molecule has 1 aliphatic rings. The zero-order valence-corrected chi connectivity index (χ0v) is 8.75. The Labute approximate surface area is 85.1 Å². The number of hydrogen-bond donors (Lipinski definition) is 3. The fourth-order valence-corrected chi connectivity index (χ4v) is 1.63. The SMILES string of the molecule is CC(O)CCNC(=O)C1CCNCC1. The standard InChI is InChI=1S/C10H20N2O2/c1-8(13)2-7-12-10(14)9-3-5-11-6-4-9/h8-9,11,13H,2-7H2,1H3,(H,12,14). The van der Waals surface area contributed by atoms with E-state index in [2.05, 4.69) is 10.6 Å². The minimum absolute atomic E-state index is 0.146. The molecule has 0 bridgehead atoms. The molecule has 0 spiro atoms. The number of rotatable bonds is 4. The summed E-state index contributed by atoms with van der Waals surface area (Å²) in [5, 5.41) is 15.1. The molecule has 0 aliphatic carbocycles. The van der Waals surface area contributed by atoms with Crippen molar-refractivity contribution >= 4 is 5.91 Å². The van der Waals surface area contributed by atoms with E-state index in [0.29, 0.717) is 13.0 Å². The molecule has 3 N–H and O–H groups in total. The van der Waals surface area contributed by atoms with Crippen molar-refractivity contribution in [1.82, 2.24) is 10.6 Å². The van der Waals surface area contributed by atoms with Gasteiger partial charge in [0.1, 0.15) is 0 Å². The van der Waals surface area contributed by atoms with Gasteiger partial charge in [-0.15, -0.1) is 0 Å². The first kappa shape index (κ1) is 11.5. The van der Waals surface area contributed by atoms with Crippen LogP contribution in [-0.2, 0) is 4.79 Å². The highest BCUT2D eigenvalue weighted by atomic mass is 16.3. The molecule has 0 saturated carbocycles. The van der Waals surface area contributed by atoms with Gasteiger partial charge in [-0.3, -0.25) is 4.79 Å². The lowest BCUT2D eigenvalue weighted by atomic mass is 9.97. The summed E-state index contributed by atoms with van der Waals surface area (Å²) in [6.07, 6.45) is 2.17. The van der Waals surface area contributed by atoms with Crippen LogP contribution in [0.2, 0.25) is 0 Å². The summed E-state index contributed by atoms with van der Waals surface area (Å²) in [6, 6.07) is 0. The Morgan fingerprint density at radius 1 is 1.57 bits per heavy atom. The molecule has 0 aromatic rings. The van der Waals surface area contributed by atoms with Gasteiger partial charge in [0.15, 0.2) is 0 Å². The molecule has 4 nitrogen and oxygen atoms in total. The Bertz CT molecular complexity index is 177. The Kier molecular flexibility index (Phi) is 4.90. The highest BCUT2D eigenvalue weighted by molar-refractivity contribution is 5.78. The molecule has 1 atom stereocenters. The topological polar surface area (TPSA) is 61.4 Å². The Balaban J connectivity index is 2.13. The van der Waals surface area contributed by atoms with E-state index in [1.54, 1.807) is 6.92 Å². The van der Waals surface area contributed by atoms with Crippen LogP contribution in [0.3, 0.4) is 0 Å². The van der Waals surface area contributed by atoms with E-state index in [1.807, 2.05) is 0 Å². The summed E-state index contributed by atoms with van der Waals surface area (Å²) in [5.74, 6) is 0.317. The molecule has 1 rings (SSSR count). The van der Waals surface area contributed by atoms with E-state index in [-0.39, 0.29) is 17.9 Å². The third-order valence-corrected chi connectivity index (χ3v) is 2.57. The van der Waals surface area contributed by atoms with Gasteiger partial charge in [0.2, 0.25) is 5.91 Å². The van der Waals surface area contributed by atoms with Crippen LogP contribution < -0.4 is 10.6 Å². The molecule has 4 heteroatoms. The molecule has 1 heterocycles. The summed E-state index contributed by atoms with van der Waals surface area (Å²) in [6.45, 7) is 4.19. The highest BCUT2D eigenvalue weighted by Crippen LogP contribution is 2.11. The maximum Gasteiger partial charge on any atom is 0.223 e. The first-order valence-electron chi connectivity index (χ1n) is 5.36. The van der Waals surface area contributed by atoms with Crippen molar-refractivity contribution in [2.75, 3.05) is 19.6 Å². The van der Waals surface area contributed by atoms with Gasteiger partial charge < -0.3 is 15.7 Å². The summed E-state index contributed by atoms with van der Waals surface area (Å²) >= 11 is 0. The van der Waals surface area contributed by atoms with Crippen LogP contribution in [0, 0.1) is 5.92 Å². The van der Waals surface area contributed by atoms with E-state index >= 15 is 0 Å². The molecule has 1 aliphatic heterocycles. The van der Waals surface area contributed by atoms with E-state index in [0.717, 1.165) is 25.9 Å².